The van der Waals surface area contributed by atoms with Crippen molar-refractivity contribution in [2.45, 2.75) is 32.4 Å². The first kappa shape index (κ1) is 14.5. The largest absolute Gasteiger partial charge is 0.394 e. The molecule has 2 rings (SSSR count). The summed E-state index contributed by atoms with van der Waals surface area (Å²) in [5.74, 6) is -0.0615. The highest BCUT2D eigenvalue weighted by Crippen LogP contribution is 2.24. The summed E-state index contributed by atoms with van der Waals surface area (Å²) < 4.78 is 1.03. The Morgan fingerprint density at radius 2 is 2.26 bits per heavy atom. The van der Waals surface area contributed by atoms with Gasteiger partial charge in [0.2, 0.25) is 5.91 Å². The number of amides is 1. The van der Waals surface area contributed by atoms with E-state index in [9.17, 15) is 9.90 Å². The number of nitrogens with one attached hydrogen (secondary N) is 1. The minimum absolute atomic E-state index is 0.0615. The Hall–Kier alpha value is -0.910. The van der Waals surface area contributed by atoms with Gasteiger partial charge >= 0.3 is 0 Å². The molecule has 1 amide bonds. The molecule has 1 aromatic carbocycles. The first-order chi connectivity index (χ1) is 9.02. The lowest BCUT2D eigenvalue weighted by molar-refractivity contribution is -0.121. The van der Waals surface area contributed by atoms with Crippen LogP contribution >= 0.6 is 15.9 Å². The lowest BCUT2D eigenvalue weighted by atomic mass is 10.2. The standard InChI is InChI=1S/C14H19BrN2O2/c1-9-7-11(3-4-12(9)15)17-6-5-10(2)16-13(8-18)14(17)19/h3-4,7,10,13,16,18H,5-6,8H2,1-2H3. The number of carbonyl (C=O) groups is 1. The van der Waals surface area contributed by atoms with Crippen LogP contribution in [0.3, 0.4) is 0 Å². The van der Waals surface area contributed by atoms with Gasteiger partial charge in [0.15, 0.2) is 0 Å². The third-order valence-electron chi connectivity index (χ3n) is 3.47. The van der Waals surface area contributed by atoms with Crippen LogP contribution in [-0.4, -0.2) is 36.2 Å². The van der Waals surface area contributed by atoms with E-state index in [4.69, 9.17) is 0 Å². The molecule has 0 radical (unpaired) electrons. The summed E-state index contributed by atoms with van der Waals surface area (Å²) in [5, 5.41) is 12.5. The molecule has 1 aliphatic heterocycles. The number of aryl methyl sites for hydroxylation is 1. The van der Waals surface area contributed by atoms with Gasteiger partial charge in [-0.1, -0.05) is 15.9 Å². The number of nitrogens with zero attached hydrogens (tertiary/aromatic N) is 1. The minimum Gasteiger partial charge on any atom is -0.394 e. The van der Waals surface area contributed by atoms with E-state index in [2.05, 4.69) is 21.2 Å². The summed E-state index contributed by atoms with van der Waals surface area (Å²) in [7, 11) is 0. The van der Waals surface area contributed by atoms with Crippen molar-refractivity contribution in [3.05, 3.63) is 28.2 Å². The molecular formula is C14H19BrN2O2. The van der Waals surface area contributed by atoms with Crippen molar-refractivity contribution < 1.29 is 9.90 Å². The van der Waals surface area contributed by atoms with E-state index in [1.807, 2.05) is 32.0 Å². The third kappa shape index (κ3) is 3.16. The maximum absolute atomic E-state index is 12.4. The van der Waals surface area contributed by atoms with Crippen LogP contribution in [0.15, 0.2) is 22.7 Å². The number of hydrogen-bond donors (Lipinski definition) is 2. The van der Waals surface area contributed by atoms with Gasteiger partial charge in [-0.2, -0.15) is 0 Å². The molecule has 0 aliphatic carbocycles. The van der Waals surface area contributed by atoms with Crippen molar-refractivity contribution in [2.75, 3.05) is 18.1 Å². The number of rotatable bonds is 2. The molecule has 2 N–H and O–H groups in total. The zero-order valence-electron chi connectivity index (χ0n) is 11.2. The molecular weight excluding hydrogens is 308 g/mol. The molecule has 2 atom stereocenters. The van der Waals surface area contributed by atoms with E-state index >= 15 is 0 Å². The van der Waals surface area contributed by atoms with Gasteiger partial charge < -0.3 is 15.3 Å². The van der Waals surface area contributed by atoms with Gasteiger partial charge in [0.05, 0.1) is 6.61 Å². The van der Waals surface area contributed by atoms with Crippen molar-refractivity contribution in [1.29, 1.82) is 0 Å². The second-order valence-corrected chi connectivity index (χ2v) is 5.87. The van der Waals surface area contributed by atoms with Crippen molar-refractivity contribution in [2.24, 2.45) is 0 Å². The van der Waals surface area contributed by atoms with Crippen molar-refractivity contribution in [1.82, 2.24) is 5.32 Å². The lowest BCUT2D eigenvalue weighted by Crippen LogP contribution is -2.47. The minimum atomic E-state index is -0.513. The molecule has 0 aromatic heterocycles. The second kappa shape index (κ2) is 6.03. The Morgan fingerprint density at radius 1 is 1.53 bits per heavy atom. The number of halogens is 1. The van der Waals surface area contributed by atoms with Gasteiger partial charge in [0.25, 0.3) is 0 Å². The highest BCUT2D eigenvalue weighted by Gasteiger charge is 2.29. The second-order valence-electron chi connectivity index (χ2n) is 5.01. The van der Waals surface area contributed by atoms with Crippen LogP contribution in [0.1, 0.15) is 18.9 Å². The Bertz CT molecular complexity index is 479. The summed E-state index contributed by atoms with van der Waals surface area (Å²) in [6, 6.07) is 5.59. The molecule has 1 saturated heterocycles. The van der Waals surface area contributed by atoms with Gasteiger partial charge in [-0.3, -0.25) is 4.79 Å². The SMILES string of the molecule is Cc1cc(N2CCC(C)NC(CO)C2=O)ccc1Br. The quantitative estimate of drug-likeness (QED) is 0.871. The smallest absolute Gasteiger partial charge is 0.246 e. The van der Waals surface area contributed by atoms with Crippen LogP contribution < -0.4 is 10.2 Å². The van der Waals surface area contributed by atoms with Gasteiger partial charge in [-0.05, 0) is 44.0 Å². The zero-order chi connectivity index (χ0) is 14.0. The summed E-state index contributed by atoms with van der Waals surface area (Å²) in [6.45, 7) is 4.53. The van der Waals surface area contributed by atoms with Gasteiger partial charge in [0, 0.05) is 22.7 Å². The molecule has 1 aliphatic rings. The Balaban J connectivity index is 2.30. The Kier molecular flexibility index (Phi) is 4.60. The number of carbonyl (C=O) groups excluding carboxylic acids is 1. The van der Waals surface area contributed by atoms with E-state index in [1.165, 1.54) is 0 Å². The molecule has 1 fully saturated rings. The third-order valence-corrected chi connectivity index (χ3v) is 4.36. The molecule has 0 saturated carbocycles. The molecule has 0 bridgehead atoms. The van der Waals surface area contributed by atoms with Crippen LogP contribution in [-0.2, 0) is 4.79 Å². The average molecular weight is 327 g/mol. The van der Waals surface area contributed by atoms with Crippen molar-refractivity contribution in [3.63, 3.8) is 0 Å². The number of anilines is 1. The van der Waals surface area contributed by atoms with E-state index in [-0.39, 0.29) is 18.6 Å². The maximum Gasteiger partial charge on any atom is 0.246 e. The predicted octanol–water partition coefficient (Wildman–Crippen LogP) is 1.83. The van der Waals surface area contributed by atoms with E-state index in [0.29, 0.717) is 6.54 Å². The number of aliphatic hydroxyl groups excluding tert-OH is 1. The van der Waals surface area contributed by atoms with Crippen molar-refractivity contribution >= 4 is 27.5 Å². The van der Waals surface area contributed by atoms with Crippen LogP contribution in [0, 0.1) is 6.92 Å². The highest BCUT2D eigenvalue weighted by molar-refractivity contribution is 9.10. The first-order valence-electron chi connectivity index (χ1n) is 6.47. The van der Waals surface area contributed by atoms with Gasteiger partial charge in [-0.25, -0.2) is 0 Å². The molecule has 2 unspecified atom stereocenters. The molecule has 1 heterocycles. The molecule has 5 heteroatoms. The highest BCUT2D eigenvalue weighted by atomic mass is 79.9. The fourth-order valence-electron chi connectivity index (χ4n) is 2.30. The maximum atomic E-state index is 12.4. The fraction of sp³-hybridized carbons (Fsp3) is 0.500. The summed E-state index contributed by atoms with van der Waals surface area (Å²) in [6.07, 6.45) is 0.872. The molecule has 4 nitrogen and oxygen atoms in total. The predicted molar refractivity (Wildman–Crippen MR) is 79.3 cm³/mol. The molecule has 0 spiro atoms. The van der Waals surface area contributed by atoms with Crippen LogP contribution in [0.2, 0.25) is 0 Å². The average Bonchev–Trinajstić information content (AvgIpc) is 2.53. The first-order valence-corrected chi connectivity index (χ1v) is 7.26. The molecule has 19 heavy (non-hydrogen) atoms. The number of aliphatic hydroxyl groups is 1. The normalized spacial score (nSPS) is 24.4. The monoisotopic (exact) mass is 326 g/mol. The lowest BCUT2D eigenvalue weighted by Gasteiger charge is -2.24. The molecule has 104 valence electrons. The van der Waals surface area contributed by atoms with E-state index in [1.54, 1.807) is 4.90 Å². The van der Waals surface area contributed by atoms with Gasteiger partial charge in [0.1, 0.15) is 6.04 Å². The topological polar surface area (TPSA) is 52.6 Å². The van der Waals surface area contributed by atoms with Gasteiger partial charge in [-0.15, -0.1) is 0 Å². The Labute approximate surface area is 121 Å². The zero-order valence-corrected chi connectivity index (χ0v) is 12.8. The fourth-order valence-corrected chi connectivity index (χ4v) is 2.55. The Morgan fingerprint density at radius 3 is 2.89 bits per heavy atom. The van der Waals surface area contributed by atoms with Crippen LogP contribution in [0.4, 0.5) is 5.69 Å². The number of hydrogen-bond acceptors (Lipinski definition) is 3. The number of benzene rings is 1. The van der Waals surface area contributed by atoms with E-state index < -0.39 is 6.04 Å². The van der Waals surface area contributed by atoms with Crippen molar-refractivity contribution in [3.8, 4) is 0 Å². The van der Waals surface area contributed by atoms with Crippen LogP contribution in [0.5, 0.6) is 0 Å². The summed E-state index contributed by atoms with van der Waals surface area (Å²) >= 11 is 3.46. The van der Waals surface area contributed by atoms with E-state index in [0.717, 1.165) is 22.1 Å². The summed E-state index contributed by atoms with van der Waals surface area (Å²) in [4.78, 5) is 14.2. The summed E-state index contributed by atoms with van der Waals surface area (Å²) in [5.41, 5.74) is 1.98. The molecule has 1 aromatic rings. The van der Waals surface area contributed by atoms with Crippen LogP contribution in [0.25, 0.3) is 0 Å².